The van der Waals surface area contributed by atoms with Gasteiger partial charge in [0.1, 0.15) is 5.82 Å². The number of aromatic amines is 2. The molecule has 0 radical (unpaired) electrons. The maximum atomic E-state index is 14.0. The number of ketones is 1. The minimum Gasteiger partial charge on any atom is -0.396 e. The quantitative estimate of drug-likeness (QED) is 0.586. The molecule has 110 valence electrons. The number of halogens is 3. The highest BCUT2D eigenvalue weighted by molar-refractivity contribution is 6.32. The normalized spacial score (nSPS) is 10.3. The van der Waals surface area contributed by atoms with Gasteiger partial charge >= 0.3 is 0 Å². The zero-order valence-corrected chi connectivity index (χ0v) is 11.8. The second-order valence-electron chi connectivity index (χ2n) is 4.31. The predicted octanol–water partition coefficient (Wildman–Crippen LogP) is 3.52. The van der Waals surface area contributed by atoms with Crippen LogP contribution < -0.4 is 5.73 Å². The first kappa shape index (κ1) is 15.1. The van der Waals surface area contributed by atoms with Crippen molar-refractivity contribution in [1.82, 2.24) is 10.2 Å². The Kier molecular flexibility index (Phi) is 4.28. The number of carbonyl (C=O) groups is 1. The zero-order valence-electron chi connectivity index (χ0n) is 11.0. The van der Waals surface area contributed by atoms with E-state index < -0.39 is 23.0 Å². The lowest BCUT2D eigenvalue weighted by Crippen LogP contribution is -2.11. The molecular formula is C14H12ClF2N3O. The number of anilines is 1. The predicted molar refractivity (Wildman–Crippen MR) is 76.7 cm³/mol. The van der Waals surface area contributed by atoms with Crippen LogP contribution in [0, 0.1) is 18.6 Å². The van der Waals surface area contributed by atoms with Crippen LogP contribution in [-0.4, -0.2) is 16.0 Å². The van der Waals surface area contributed by atoms with Gasteiger partial charge in [-0.1, -0.05) is 11.6 Å². The smallest absolute Gasteiger partial charge is 0.200 e. The molecule has 0 amide bonds. The van der Waals surface area contributed by atoms with Crippen molar-refractivity contribution in [3.8, 4) is 0 Å². The summed E-state index contributed by atoms with van der Waals surface area (Å²) in [5, 5.41) is 5.50. The average molecular weight is 312 g/mol. The fourth-order valence-electron chi connectivity index (χ4n) is 1.79. The molecule has 0 aliphatic heterocycles. The van der Waals surface area contributed by atoms with Crippen LogP contribution in [0.4, 0.5) is 14.5 Å². The van der Waals surface area contributed by atoms with E-state index in [-0.39, 0.29) is 16.3 Å². The number of nitrogens with one attached hydrogen (secondary N) is 2. The Bertz CT molecular complexity index is 751. The number of carbonyl (C=O) groups excluding carboxylic acids is 1. The van der Waals surface area contributed by atoms with Gasteiger partial charge in [0, 0.05) is 23.0 Å². The topological polar surface area (TPSA) is 74.7 Å². The second-order valence-corrected chi connectivity index (χ2v) is 4.71. The molecule has 21 heavy (non-hydrogen) atoms. The summed E-state index contributed by atoms with van der Waals surface area (Å²) < 4.78 is 27.8. The highest BCUT2D eigenvalue weighted by Gasteiger charge is 2.22. The molecule has 2 rings (SSSR count). The van der Waals surface area contributed by atoms with E-state index in [1.807, 2.05) is 0 Å². The number of aromatic nitrogens is 2. The molecule has 1 heterocycles. The van der Waals surface area contributed by atoms with Gasteiger partial charge in [-0.3, -0.25) is 4.79 Å². The number of benzene rings is 1. The van der Waals surface area contributed by atoms with Gasteiger partial charge in [-0.2, -0.15) is 0 Å². The van der Waals surface area contributed by atoms with Gasteiger partial charge in [-0.15, -0.1) is 0 Å². The number of hydrogen-bond donors (Lipinski definition) is 3. The molecule has 0 atom stereocenters. The van der Waals surface area contributed by atoms with Gasteiger partial charge in [0.2, 0.25) is 5.78 Å². The fraction of sp³-hybridized carbons (Fsp3) is 0.0714. The molecule has 4 N–H and O–H groups in total. The summed E-state index contributed by atoms with van der Waals surface area (Å²) in [7, 11) is 0. The Labute approximate surface area is 124 Å². The minimum atomic E-state index is -1.09. The molecule has 1 aromatic carbocycles. The monoisotopic (exact) mass is 311 g/mol. The molecule has 0 unspecified atom stereocenters. The summed E-state index contributed by atoms with van der Waals surface area (Å²) in [5.74, 6) is -2.92. The minimum absolute atomic E-state index is 0.0280. The van der Waals surface area contributed by atoms with Crippen LogP contribution in [0.1, 0.15) is 21.5 Å². The van der Waals surface area contributed by atoms with Crippen molar-refractivity contribution in [2.45, 2.75) is 6.92 Å². The number of H-pyrrole nitrogens is 2. The summed E-state index contributed by atoms with van der Waals surface area (Å²) in [4.78, 5) is 12.4. The number of nitrogen functional groups attached to an aromatic ring is 1. The van der Waals surface area contributed by atoms with Gasteiger partial charge in [-0.25, -0.2) is 8.78 Å². The molecule has 2 aromatic rings. The summed E-state index contributed by atoms with van der Waals surface area (Å²) in [5.41, 5.74) is 4.78. The standard InChI is InChI=1S/C14H12ClF2N3O/c1-7-8(6-20-19-5-4-9(7)15)14(21)12-10(16)2-3-11(18)13(12)17/h2-6,19-20H,18H2,1H3. The Balaban J connectivity index is 2.70. The SMILES string of the molecule is Cc1c(Cl)cc[nH][nH]cc1C(=O)c1c(F)ccc(N)c1F. The lowest BCUT2D eigenvalue weighted by atomic mass is 10.00. The van der Waals surface area contributed by atoms with E-state index in [1.165, 1.54) is 18.5 Å². The Hall–Kier alpha value is -2.34. The first-order valence-corrected chi connectivity index (χ1v) is 6.34. The van der Waals surface area contributed by atoms with Gasteiger partial charge in [0.25, 0.3) is 0 Å². The maximum Gasteiger partial charge on any atom is 0.200 e. The largest absolute Gasteiger partial charge is 0.396 e. The molecule has 0 bridgehead atoms. The van der Waals surface area contributed by atoms with E-state index in [2.05, 4.69) is 10.2 Å². The summed E-state index contributed by atoms with van der Waals surface area (Å²) in [6.07, 6.45) is 2.80. The van der Waals surface area contributed by atoms with Crippen LogP contribution in [-0.2, 0) is 0 Å². The molecule has 0 saturated heterocycles. The number of hydrogen-bond acceptors (Lipinski definition) is 2. The van der Waals surface area contributed by atoms with Crippen molar-refractivity contribution >= 4 is 23.1 Å². The second kappa shape index (κ2) is 5.97. The van der Waals surface area contributed by atoms with Gasteiger partial charge in [-0.05, 0) is 30.7 Å². The lowest BCUT2D eigenvalue weighted by molar-refractivity contribution is 0.103. The van der Waals surface area contributed by atoms with E-state index in [0.717, 1.165) is 12.1 Å². The van der Waals surface area contributed by atoms with Crippen LogP contribution >= 0.6 is 11.6 Å². The van der Waals surface area contributed by atoms with E-state index in [0.29, 0.717) is 5.56 Å². The Morgan fingerprint density at radius 1 is 1.24 bits per heavy atom. The number of nitrogens with two attached hydrogens (primary N) is 1. The van der Waals surface area contributed by atoms with Crippen LogP contribution in [0.15, 0.2) is 30.6 Å². The third-order valence-electron chi connectivity index (χ3n) is 2.97. The Morgan fingerprint density at radius 2 is 1.95 bits per heavy atom. The maximum absolute atomic E-state index is 14.0. The lowest BCUT2D eigenvalue weighted by Gasteiger charge is -2.08. The molecule has 0 fully saturated rings. The molecule has 0 aliphatic rings. The molecule has 7 heteroatoms. The van der Waals surface area contributed by atoms with Crippen LogP contribution in [0.2, 0.25) is 5.02 Å². The molecule has 1 aromatic heterocycles. The van der Waals surface area contributed by atoms with E-state index in [4.69, 9.17) is 17.3 Å². The highest BCUT2D eigenvalue weighted by atomic mass is 35.5. The van der Waals surface area contributed by atoms with Crippen LogP contribution in [0.25, 0.3) is 0 Å². The van der Waals surface area contributed by atoms with Crippen LogP contribution in [0.3, 0.4) is 0 Å². The average Bonchev–Trinajstić information content (AvgIpc) is 2.44. The van der Waals surface area contributed by atoms with Gasteiger partial charge < -0.3 is 15.9 Å². The summed E-state index contributed by atoms with van der Waals surface area (Å²) in [6.45, 7) is 1.57. The van der Waals surface area contributed by atoms with E-state index in [9.17, 15) is 13.6 Å². The van der Waals surface area contributed by atoms with Crippen LogP contribution in [0.5, 0.6) is 0 Å². The van der Waals surface area contributed by atoms with Gasteiger partial charge in [0.15, 0.2) is 5.82 Å². The van der Waals surface area contributed by atoms with Crippen molar-refractivity contribution in [3.05, 3.63) is 63.9 Å². The third kappa shape index (κ3) is 2.90. The highest BCUT2D eigenvalue weighted by Crippen LogP contribution is 2.24. The number of rotatable bonds is 2. The molecule has 0 spiro atoms. The molecule has 0 saturated carbocycles. The third-order valence-corrected chi connectivity index (χ3v) is 3.38. The van der Waals surface area contributed by atoms with Crippen molar-refractivity contribution in [2.75, 3.05) is 5.73 Å². The van der Waals surface area contributed by atoms with Crippen molar-refractivity contribution in [1.29, 1.82) is 0 Å². The molecular weight excluding hydrogens is 300 g/mol. The first-order valence-electron chi connectivity index (χ1n) is 5.96. The summed E-state index contributed by atoms with van der Waals surface area (Å²) >= 11 is 6.00. The molecule has 4 nitrogen and oxygen atoms in total. The first-order chi connectivity index (χ1) is 9.93. The fourth-order valence-corrected chi connectivity index (χ4v) is 1.95. The van der Waals surface area contributed by atoms with E-state index in [1.54, 1.807) is 6.92 Å². The van der Waals surface area contributed by atoms with Crippen molar-refractivity contribution in [2.24, 2.45) is 0 Å². The van der Waals surface area contributed by atoms with Crippen molar-refractivity contribution < 1.29 is 13.6 Å². The summed E-state index contributed by atoms with van der Waals surface area (Å²) in [6, 6.07) is 3.52. The molecule has 0 aliphatic carbocycles. The van der Waals surface area contributed by atoms with E-state index >= 15 is 0 Å². The Morgan fingerprint density at radius 3 is 2.67 bits per heavy atom. The van der Waals surface area contributed by atoms with Gasteiger partial charge in [0.05, 0.1) is 11.3 Å². The van der Waals surface area contributed by atoms with Crippen molar-refractivity contribution in [3.63, 3.8) is 0 Å². The zero-order chi connectivity index (χ0) is 15.6.